The molecule has 6 aromatic rings. The summed E-state index contributed by atoms with van der Waals surface area (Å²) in [5.74, 6) is 0.538. The molecule has 6 nitrogen and oxygen atoms in total. The second kappa shape index (κ2) is 12.5. The van der Waals surface area contributed by atoms with Gasteiger partial charge in [0, 0.05) is 22.3 Å². The molecule has 0 amide bonds. The zero-order valence-corrected chi connectivity index (χ0v) is 26.8. The van der Waals surface area contributed by atoms with E-state index in [1.807, 2.05) is 49.4 Å². The summed E-state index contributed by atoms with van der Waals surface area (Å²) in [4.78, 5) is 22.8. The Kier molecular flexibility index (Phi) is 7.69. The van der Waals surface area contributed by atoms with Crippen LogP contribution < -0.4 is 0 Å². The summed E-state index contributed by atoms with van der Waals surface area (Å²) in [5, 5.41) is 4.18. The van der Waals surface area contributed by atoms with E-state index in [2.05, 4.69) is 84.9 Å². The predicted octanol–water partition coefficient (Wildman–Crippen LogP) is 8.97. The van der Waals surface area contributed by atoms with Crippen LogP contribution in [0.25, 0.3) is 32.7 Å². The highest BCUT2D eigenvalue weighted by Gasteiger charge is 2.30. The van der Waals surface area contributed by atoms with Gasteiger partial charge in [-0.25, -0.2) is 9.98 Å². The van der Waals surface area contributed by atoms with Crippen LogP contribution >= 0.6 is 0 Å². The first-order valence-corrected chi connectivity index (χ1v) is 16.3. The van der Waals surface area contributed by atoms with Crippen LogP contribution in [0.2, 0.25) is 0 Å². The van der Waals surface area contributed by atoms with Gasteiger partial charge in [-0.3, -0.25) is 4.79 Å². The lowest BCUT2D eigenvalue weighted by Gasteiger charge is -2.20. The van der Waals surface area contributed by atoms with Crippen molar-refractivity contribution in [2.45, 2.75) is 24.9 Å². The molecule has 48 heavy (non-hydrogen) atoms. The summed E-state index contributed by atoms with van der Waals surface area (Å²) >= 11 is 0. The summed E-state index contributed by atoms with van der Waals surface area (Å²) in [6.07, 6.45) is 0. The average molecular weight is 631 g/mol. The lowest BCUT2D eigenvalue weighted by molar-refractivity contribution is -0.141. The summed E-state index contributed by atoms with van der Waals surface area (Å²) < 4.78 is 17.9. The number of hydrogen-bond acceptors (Lipinski definition) is 6. The Labute approximate surface area is 279 Å². The third-order valence-electron chi connectivity index (χ3n) is 9.41. The van der Waals surface area contributed by atoms with Gasteiger partial charge in [0.25, 0.3) is 0 Å². The molecule has 0 bridgehead atoms. The highest BCUT2D eigenvalue weighted by Crippen LogP contribution is 2.43. The second-order valence-electron chi connectivity index (χ2n) is 12.3. The molecule has 8 rings (SSSR count). The molecule has 0 saturated carbocycles. The maximum absolute atomic E-state index is 12.5. The first-order valence-electron chi connectivity index (χ1n) is 16.3. The van der Waals surface area contributed by atoms with E-state index in [0.29, 0.717) is 25.0 Å². The standard InChI is InChI=1S/C42H34N2O4/c1-26(42(45)46-2)30-18-20-33-31(23-30)19-22-35(41-44-37(25-48-41)29-14-7-4-8-15-29)39(33)38-32-16-10-9-11-27(32)17-21-34(38)40-43-36(24-47-40)28-12-5-3-6-13-28/h3-23,26,36-37H,24-25H2,1-2H3/t26-,36+,37+/m0/s1. The molecule has 0 aromatic heterocycles. The Balaban J connectivity index is 1.37. The van der Waals surface area contributed by atoms with Crippen molar-refractivity contribution < 1.29 is 19.0 Å². The van der Waals surface area contributed by atoms with Crippen molar-refractivity contribution in [1.29, 1.82) is 0 Å². The third-order valence-corrected chi connectivity index (χ3v) is 9.41. The Hall–Kier alpha value is -5.75. The fraction of sp³-hybridized carbons (Fsp3) is 0.167. The molecule has 0 fully saturated rings. The van der Waals surface area contributed by atoms with Gasteiger partial charge in [0.2, 0.25) is 11.8 Å². The maximum Gasteiger partial charge on any atom is 0.312 e. The average Bonchev–Trinajstić information content (AvgIpc) is 3.85. The molecule has 236 valence electrons. The van der Waals surface area contributed by atoms with Crippen molar-refractivity contribution >= 4 is 39.3 Å². The van der Waals surface area contributed by atoms with Crippen molar-refractivity contribution in [1.82, 2.24) is 0 Å². The number of esters is 1. The minimum atomic E-state index is -0.402. The molecular weight excluding hydrogens is 596 g/mol. The molecule has 0 spiro atoms. The summed E-state index contributed by atoms with van der Waals surface area (Å²) in [7, 11) is 1.42. The smallest absolute Gasteiger partial charge is 0.312 e. The van der Waals surface area contributed by atoms with Crippen LogP contribution in [-0.2, 0) is 19.0 Å². The molecule has 0 saturated heterocycles. The van der Waals surface area contributed by atoms with E-state index in [4.69, 9.17) is 24.2 Å². The van der Waals surface area contributed by atoms with Crippen molar-refractivity contribution in [3.05, 3.63) is 155 Å². The zero-order chi connectivity index (χ0) is 32.6. The molecular formula is C42H34N2O4. The van der Waals surface area contributed by atoms with Crippen LogP contribution in [-0.4, -0.2) is 38.1 Å². The number of methoxy groups -OCH3 is 1. The molecule has 6 heteroatoms. The number of aliphatic imine (C=N–C) groups is 2. The molecule has 0 radical (unpaired) electrons. The molecule has 2 heterocycles. The summed E-state index contributed by atoms with van der Waals surface area (Å²) in [6, 6.07) is 43.3. The highest BCUT2D eigenvalue weighted by atomic mass is 16.5. The Bertz CT molecular complexity index is 2230. The Morgan fingerprint density at radius 1 is 0.646 bits per heavy atom. The predicted molar refractivity (Wildman–Crippen MR) is 191 cm³/mol. The minimum absolute atomic E-state index is 0.0935. The number of hydrogen-bond donors (Lipinski definition) is 0. The van der Waals surface area contributed by atoms with Gasteiger partial charge in [-0.1, -0.05) is 115 Å². The number of ether oxygens (including phenoxy) is 3. The lowest BCUT2D eigenvalue weighted by atomic mass is 9.85. The summed E-state index contributed by atoms with van der Waals surface area (Å²) in [5.41, 5.74) is 6.91. The minimum Gasteiger partial charge on any atom is -0.475 e. The van der Waals surface area contributed by atoms with E-state index >= 15 is 0 Å². The fourth-order valence-corrected chi connectivity index (χ4v) is 6.83. The largest absolute Gasteiger partial charge is 0.475 e. The molecule has 3 atom stereocenters. The highest BCUT2D eigenvalue weighted by molar-refractivity contribution is 6.19. The quantitative estimate of drug-likeness (QED) is 0.165. The third kappa shape index (κ3) is 5.29. The van der Waals surface area contributed by atoms with Gasteiger partial charge in [0.1, 0.15) is 25.3 Å². The first-order chi connectivity index (χ1) is 23.6. The van der Waals surface area contributed by atoms with E-state index in [0.717, 1.165) is 60.5 Å². The van der Waals surface area contributed by atoms with Crippen molar-refractivity contribution in [2.24, 2.45) is 9.98 Å². The van der Waals surface area contributed by atoms with Crippen LogP contribution in [0.5, 0.6) is 0 Å². The van der Waals surface area contributed by atoms with E-state index < -0.39 is 5.92 Å². The number of carbonyl (C=O) groups excluding carboxylic acids is 1. The lowest BCUT2D eigenvalue weighted by Crippen LogP contribution is -2.11. The maximum atomic E-state index is 12.5. The van der Waals surface area contributed by atoms with Crippen LogP contribution in [0.4, 0.5) is 0 Å². The van der Waals surface area contributed by atoms with Crippen LogP contribution in [0.3, 0.4) is 0 Å². The van der Waals surface area contributed by atoms with Gasteiger partial charge in [0.15, 0.2) is 0 Å². The molecule has 6 aromatic carbocycles. The van der Waals surface area contributed by atoms with E-state index in [-0.39, 0.29) is 18.1 Å². The fourth-order valence-electron chi connectivity index (χ4n) is 6.83. The van der Waals surface area contributed by atoms with Gasteiger partial charge in [-0.2, -0.15) is 0 Å². The van der Waals surface area contributed by atoms with Crippen molar-refractivity contribution in [3.8, 4) is 11.1 Å². The van der Waals surface area contributed by atoms with Gasteiger partial charge in [-0.15, -0.1) is 0 Å². The number of nitrogens with zero attached hydrogens (tertiary/aromatic N) is 2. The van der Waals surface area contributed by atoms with Crippen molar-refractivity contribution in [3.63, 3.8) is 0 Å². The monoisotopic (exact) mass is 630 g/mol. The second-order valence-corrected chi connectivity index (χ2v) is 12.3. The van der Waals surface area contributed by atoms with E-state index in [1.165, 1.54) is 7.11 Å². The first kappa shape index (κ1) is 29.6. The number of benzene rings is 6. The molecule has 2 aliphatic rings. The Morgan fingerprint density at radius 3 is 1.75 bits per heavy atom. The topological polar surface area (TPSA) is 69.5 Å². The van der Waals surface area contributed by atoms with Crippen LogP contribution in [0.1, 0.15) is 52.7 Å². The van der Waals surface area contributed by atoms with Gasteiger partial charge in [-0.05, 0) is 57.3 Å². The van der Waals surface area contributed by atoms with Gasteiger partial charge >= 0.3 is 5.97 Å². The number of carbonyl (C=O) groups is 1. The normalized spacial score (nSPS) is 17.8. The van der Waals surface area contributed by atoms with E-state index in [9.17, 15) is 4.79 Å². The van der Waals surface area contributed by atoms with Crippen LogP contribution in [0, 0.1) is 0 Å². The molecule has 2 aliphatic heterocycles. The van der Waals surface area contributed by atoms with E-state index in [1.54, 1.807) is 0 Å². The number of rotatable bonds is 7. The molecule has 0 N–H and O–H groups in total. The van der Waals surface area contributed by atoms with Gasteiger partial charge < -0.3 is 14.2 Å². The van der Waals surface area contributed by atoms with Gasteiger partial charge in [0.05, 0.1) is 13.0 Å². The zero-order valence-electron chi connectivity index (χ0n) is 26.8. The Morgan fingerprint density at radius 2 is 1.17 bits per heavy atom. The summed E-state index contributed by atoms with van der Waals surface area (Å²) in [6.45, 7) is 2.80. The van der Waals surface area contributed by atoms with Crippen LogP contribution in [0.15, 0.2) is 137 Å². The molecule has 0 unspecified atom stereocenters. The van der Waals surface area contributed by atoms with Crippen molar-refractivity contribution in [2.75, 3.05) is 20.3 Å². The SMILES string of the molecule is COC(=O)[C@@H](C)c1ccc2c(-c3c(C4=N[C@@H](c5ccccc5)CO4)ccc4ccccc34)c(C3=N[C@@H](c4ccccc4)CO3)ccc2c1. The number of fused-ring (bicyclic) bond motifs is 2. The molecule has 0 aliphatic carbocycles.